The number of carboxylic acids is 1. The van der Waals surface area contributed by atoms with Gasteiger partial charge in [-0.05, 0) is 48.4 Å². The van der Waals surface area contributed by atoms with Gasteiger partial charge in [-0.25, -0.2) is 4.79 Å². The van der Waals surface area contributed by atoms with Crippen molar-refractivity contribution >= 4 is 23.3 Å². The lowest BCUT2D eigenvalue weighted by atomic mass is 9.96. The zero-order valence-electron chi connectivity index (χ0n) is 19.6. The molecule has 0 unspecified atom stereocenters. The molecule has 0 radical (unpaired) electrons. The molecule has 12 heteroatoms. The molecule has 5 nitrogen and oxygen atoms in total. The third-order valence-electron chi connectivity index (χ3n) is 4.84. The maximum Gasteiger partial charge on any atom is 0.573 e. The second-order valence-corrected chi connectivity index (χ2v) is 8.72. The molecule has 0 aromatic heterocycles. The van der Waals surface area contributed by atoms with Gasteiger partial charge in [0.25, 0.3) is 0 Å². The minimum absolute atomic E-state index is 0.0373. The highest BCUT2D eigenvalue weighted by atomic mass is 32.2. The van der Waals surface area contributed by atoms with Gasteiger partial charge in [-0.3, -0.25) is 0 Å². The van der Waals surface area contributed by atoms with Crippen molar-refractivity contribution in [2.45, 2.75) is 24.5 Å². The molecule has 202 valence electrons. The quantitative estimate of drug-likeness (QED) is 0.206. The molecule has 0 heterocycles. The van der Waals surface area contributed by atoms with Gasteiger partial charge >= 0.3 is 18.7 Å². The molecule has 3 aromatic carbocycles. The summed E-state index contributed by atoms with van der Waals surface area (Å²) in [5, 5.41) is 8.76. The molecule has 38 heavy (non-hydrogen) atoms. The van der Waals surface area contributed by atoms with Crippen LogP contribution in [0, 0.1) is 6.92 Å². The number of aliphatic carboxylic acids is 1. The van der Waals surface area contributed by atoms with Crippen molar-refractivity contribution in [1.82, 2.24) is 0 Å². The molecule has 0 saturated heterocycles. The average Bonchev–Trinajstić information content (AvgIpc) is 2.80. The summed E-state index contributed by atoms with van der Waals surface area (Å²) in [6, 6.07) is 15.2. The average molecular weight is 558 g/mol. The van der Waals surface area contributed by atoms with Crippen LogP contribution >= 0.6 is 11.8 Å². The zero-order valence-corrected chi connectivity index (χ0v) is 20.4. The van der Waals surface area contributed by atoms with Gasteiger partial charge in [0.05, 0.1) is 0 Å². The first-order chi connectivity index (χ1) is 17.8. The first-order valence-electron chi connectivity index (χ1n) is 10.8. The highest BCUT2D eigenvalue weighted by Gasteiger charge is 2.34. The number of ether oxygens (including phenoxy) is 3. The maximum atomic E-state index is 13.1. The second kappa shape index (κ2) is 12.2. The van der Waals surface area contributed by atoms with E-state index in [2.05, 4.69) is 9.47 Å². The summed E-state index contributed by atoms with van der Waals surface area (Å²) in [5.74, 6) is -1.80. The summed E-state index contributed by atoms with van der Waals surface area (Å²) in [6.45, 7) is 1.19. The molecule has 3 aromatic rings. The highest BCUT2D eigenvalue weighted by molar-refractivity contribution is 7.99. The molecule has 1 N–H and O–H groups in total. The predicted molar refractivity (Wildman–Crippen MR) is 128 cm³/mol. The van der Waals surface area contributed by atoms with Crippen LogP contribution in [-0.4, -0.2) is 36.2 Å². The van der Waals surface area contributed by atoms with Gasteiger partial charge in [0.2, 0.25) is 0 Å². The van der Waals surface area contributed by atoms with E-state index < -0.39 is 36.8 Å². The first-order valence-corrected chi connectivity index (χ1v) is 11.8. The Morgan fingerprint density at radius 3 is 1.84 bits per heavy atom. The van der Waals surface area contributed by atoms with Crippen LogP contribution in [0.3, 0.4) is 0 Å². The molecule has 0 amide bonds. The molecule has 0 fully saturated rings. The standard InChI is InChI=1S/C26H20F6O5S/c1-16-14-17(10-11-21(16)35-15-24(33)34)38-13-12-18(19-6-2-4-8-22(19)36-25(27,28)29)20-7-3-5-9-23(20)37-26(30,31)32/h2-12,14H,13,15H2,1H3,(H,33,34). The van der Waals surface area contributed by atoms with E-state index >= 15 is 0 Å². The van der Waals surface area contributed by atoms with Crippen molar-refractivity contribution in [2.24, 2.45) is 0 Å². The van der Waals surface area contributed by atoms with Gasteiger partial charge in [-0.1, -0.05) is 42.5 Å². The first kappa shape index (κ1) is 28.8. The molecule has 0 saturated carbocycles. The SMILES string of the molecule is Cc1cc(SCC=C(c2ccccc2OC(F)(F)F)c2ccccc2OC(F)(F)F)ccc1OCC(=O)O. The molecule has 0 aliphatic carbocycles. The minimum Gasteiger partial charge on any atom is -0.482 e. The Labute approximate surface area is 217 Å². The van der Waals surface area contributed by atoms with Crippen LogP contribution < -0.4 is 14.2 Å². The number of thioether (sulfide) groups is 1. The number of carbonyl (C=O) groups is 1. The van der Waals surface area contributed by atoms with Gasteiger partial charge in [-0.2, -0.15) is 0 Å². The molecular formula is C26H20F6O5S. The summed E-state index contributed by atoms with van der Waals surface area (Å²) in [6.07, 6.45) is -8.58. The number of hydrogen-bond donors (Lipinski definition) is 1. The van der Waals surface area contributed by atoms with E-state index in [0.717, 1.165) is 12.1 Å². The predicted octanol–water partition coefficient (Wildman–Crippen LogP) is 7.48. The Kier molecular flexibility index (Phi) is 9.21. The van der Waals surface area contributed by atoms with Crippen molar-refractivity contribution < 1.29 is 50.5 Å². The number of hydrogen-bond acceptors (Lipinski definition) is 5. The summed E-state index contributed by atoms with van der Waals surface area (Å²) in [4.78, 5) is 11.4. The van der Waals surface area contributed by atoms with E-state index in [4.69, 9.17) is 9.84 Å². The topological polar surface area (TPSA) is 65.0 Å². The van der Waals surface area contributed by atoms with Crippen LogP contribution in [-0.2, 0) is 4.79 Å². The number of carboxylic acid groups (broad SMARTS) is 1. The van der Waals surface area contributed by atoms with Crippen molar-refractivity contribution in [3.05, 3.63) is 89.5 Å². The van der Waals surface area contributed by atoms with Gasteiger partial charge in [0.1, 0.15) is 17.2 Å². The van der Waals surface area contributed by atoms with E-state index in [-0.39, 0.29) is 22.5 Å². The van der Waals surface area contributed by atoms with E-state index in [1.807, 2.05) is 0 Å². The smallest absolute Gasteiger partial charge is 0.482 e. The Hall–Kier alpha value is -3.80. The lowest BCUT2D eigenvalue weighted by Gasteiger charge is -2.19. The Balaban J connectivity index is 1.99. The fraction of sp³-hybridized carbons (Fsp3) is 0.192. The Bertz CT molecular complexity index is 1240. The number of benzene rings is 3. The van der Waals surface area contributed by atoms with Crippen LogP contribution in [0.25, 0.3) is 5.57 Å². The second-order valence-electron chi connectivity index (χ2n) is 7.63. The number of aryl methyl sites for hydroxylation is 1. The van der Waals surface area contributed by atoms with E-state index in [1.165, 1.54) is 54.2 Å². The number of halogens is 6. The molecule has 0 bridgehead atoms. The third kappa shape index (κ3) is 8.65. The van der Waals surface area contributed by atoms with E-state index in [1.54, 1.807) is 25.1 Å². The van der Waals surface area contributed by atoms with Crippen molar-refractivity contribution in [3.63, 3.8) is 0 Å². The lowest BCUT2D eigenvalue weighted by molar-refractivity contribution is -0.275. The van der Waals surface area contributed by atoms with Gasteiger partial charge < -0.3 is 19.3 Å². The fourth-order valence-electron chi connectivity index (χ4n) is 3.40. The summed E-state index contributed by atoms with van der Waals surface area (Å²) < 4.78 is 91.9. The van der Waals surface area contributed by atoms with Crippen LogP contribution in [0.4, 0.5) is 26.3 Å². The van der Waals surface area contributed by atoms with Crippen LogP contribution in [0.1, 0.15) is 16.7 Å². The zero-order chi connectivity index (χ0) is 27.9. The van der Waals surface area contributed by atoms with Crippen LogP contribution in [0.15, 0.2) is 77.7 Å². The minimum atomic E-state index is -5.03. The highest BCUT2D eigenvalue weighted by Crippen LogP contribution is 2.39. The molecule has 3 rings (SSSR count). The fourth-order valence-corrected chi connectivity index (χ4v) is 4.27. The maximum absolute atomic E-state index is 13.1. The molecule has 0 spiro atoms. The van der Waals surface area contributed by atoms with Crippen LogP contribution in [0.5, 0.6) is 17.2 Å². The van der Waals surface area contributed by atoms with E-state index in [9.17, 15) is 31.1 Å². The largest absolute Gasteiger partial charge is 0.573 e. The number of para-hydroxylation sites is 2. The van der Waals surface area contributed by atoms with Crippen molar-refractivity contribution in [1.29, 1.82) is 0 Å². The van der Waals surface area contributed by atoms with Gasteiger partial charge in [0, 0.05) is 21.8 Å². The summed E-state index contributed by atoms with van der Waals surface area (Å²) in [5.41, 5.74) is 0.512. The van der Waals surface area contributed by atoms with E-state index in [0.29, 0.717) is 16.2 Å². The molecule has 0 aliphatic heterocycles. The summed E-state index contributed by atoms with van der Waals surface area (Å²) >= 11 is 1.25. The molecule has 0 atom stereocenters. The van der Waals surface area contributed by atoms with Crippen LogP contribution in [0.2, 0.25) is 0 Å². The lowest BCUT2D eigenvalue weighted by Crippen LogP contribution is -2.19. The third-order valence-corrected chi connectivity index (χ3v) is 5.76. The number of alkyl halides is 6. The molecule has 0 aliphatic rings. The van der Waals surface area contributed by atoms with Gasteiger partial charge in [-0.15, -0.1) is 38.1 Å². The molecular weight excluding hydrogens is 538 g/mol. The van der Waals surface area contributed by atoms with Crippen molar-refractivity contribution in [3.8, 4) is 17.2 Å². The Morgan fingerprint density at radius 1 is 0.842 bits per heavy atom. The van der Waals surface area contributed by atoms with Crippen molar-refractivity contribution in [2.75, 3.05) is 12.4 Å². The normalized spacial score (nSPS) is 11.6. The Morgan fingerprint density at radius 2 is 1.37 bits per heavy atom. The number of rotatable bonds is 10. The van der Waals surface area contributed by atoms with Gasteiger partial charge in [0.15, 0.2) is 6.61 Å². The monoisotopic (exact) mass is 558 g/mol. The summed E-state index contributed by atoms with van der Waals surface area (Å²) in [7, 11) is 0.